The summed E-state index contributed by atoms with van der Waals surface area (Å²) in [5, 5.41) is 0. The third-order valence-electron chi connectivity index (χ3n) is 11.4. The summed E-state index contributed by atoms with van der Waals surface area (Å²) in [6.45, 7) is 6.45. The van der Waals surface area contributed by atoms with Gasteiger partial charge in [0, 0.05) is 19.3 Å². The molecule has 0 aliphatic rings. The van der Waals surface area contributed by atoms with Crippen molar-refractivity contribution >= 4 is 17.9 Å². The lowest BCUT2D eigenvalue weighted by atomic mass is 10.1. The SMILES string of the molecule is CC/C=C\C/C=C\C/C=C\C/C=C\C/C=C\C/C=C\CCC(=O)OCC(COC(=O)CCCCCCCCCCCCC)OC(=O)CCCCCCCCC/C=C\CCCCCCCC. The maximum absolute atomic E-state index is 12.8. The van der Waals surface area contributed by atoms with Gasteiger partial charge in [-0.3, -0.25) is 14.4 Å². The van der Waals surface area contributed by atoms with Crippen molar-refractivity contribution in [3.05, 3.63) is 85.1 Å². The van der Waals surface area contributed by atoms with Crippen LogP contribution in [0.5, 0.6) is 0 Å². The standard InChI is InChI=1S/C59H100O6/c1-4-7-10-13-16-19-22-24-26-28-29-31-32-34-37-40-43-46-49-52-58(61)64-55-56(54-63-57(60)51-48-45-42-39-36-21-18-15-12-9-6-3)65-59(62)53-50-47-44-41-38-35-33-30-27-25-23-20-17-14-11-8-5-2/h7,10,16,19,24-27,29,31,34,37,43,46,56H,4-6,8-9,11-15,17-18,20-23,28,30,32-33,35-36,38-42,44-45,47-55H2,1-3H3/b10-7-,19-16-,26-24-,27-25-,31-29-,37-34-,46-43-. The minimum absolute atomic E-state index is 0.0999. The first-order valence-electron chi connectivity index (χ1n) is 27.1. The van der Waals surface area contributed by atoms with Crippen LogP contribution in [-0.2, 0) is 28.6 Å². The van der Waals surface area contributed by atoms with Crippen molar-refractivity contribution in [3.8, 4) is 0 Å². The van der Waals surface area contributed by atoms with Crippen LogP contribution >= 0.6 is 0 Å². The van der Waals surface area contributed by atoms with Gasteiger partial charge in [-0.25, -0.2) is 0 Å². The maximum Gasteiger partial charge on any atom is 0.306 e. The van der Waals surface area contributed by atoms with Crippen LogP contribution in [0.3, 0.4) is 0 Å². The van der Waals surface area contributed by atoms with Crippen LogP contribution in [0, 0.1) is 0 Å². The molecule has 0 aromatic rings. The van der Waals surface area contributed by atoms with Gasteiger partial charge in [0.15, 0.2) is 6.10 Å². The van der Waals surface area contributed by atoms with Gasteiger partial charge in [0.25, 0.3) is 0 Å². The molecule has 0 bridgehead atoms. The highest BCUT2D eigenvalue weighted by Gasteiger charge is 2.19. The van der Waals surface area contributed by atoms with Gasteiger partial charge in [0.1, 0.15) is 13.2 Å². The van der Waals surface area contributed by atoms with Crippen molar-refractivity contribution < 1.29 is 28.6 Å². The summed E-state index contributed by atoms with van der Waals surface area (Å²) in [5.41, 5.74) is 0. The molecule has 0 rings (SSSR count). The number of ether oxygens (including phenoxy) is 3. The van der Waals surface area contributed by atoms with Crippen molar-refractivity contribution in [3.63, 3.8) is 0 Å². The topological polar surface area (TPSA) is 78.9 Å². The van der Waals surface area contributed by atoms with Crippen LogP contribution in [0.4, 0.5) is 0 Å². The number of hydrogen-bond donors (Lipinski definition) is 0. The fraction of sp³-hybridized carbons (Fsp3) is 0.712. The predicted molar refractivity (Wildman–Crippen MR) is 279 cm³/mol. The molecule has 6 nitrogen and oxygen atoms in total. The molecule has 1 atom stereocenters. The molecule has 0 aliphatic carbocycles. The van der Waals surface area contributed by atoms with E-state index >= 15 is 0 Å². The van der Waals surface area contributed by atoms with Crippen LogP contribution in [0.1, 0.15) is 252 Å². The Balaban J connectivity index is 4.47. The third kappa shape index (κ3) is 51.4. The summed E-state index contributed by atoms with van der Waals surface area (Å²) in [5.74, 6) is -0.990. The van der Waals surface area contributed by atoms with E-state index in [4.69, 9.17) is 14.2 Å². The molecule has 0 aliphatic heterocycles. The van der Waals surface area contributed by atoms with Crippen LogP contribution < -0.4 is 0 Å². The monoisotopic (exact) mass is 905 g/mol. The van der Waals surface area contributed by atoms with Crippen LogP contribution in [0.15, 0.2) is 85.1 Å². The zero-order valence-electron chi connectivity index (χ0n) is 42.5. The minimum Gasteiger partial charge on any atom is -0.462 e. The average Bonchev–Trinajstić information content (AvgIpc) is 3.30. The minimum atomic E-state index is -0.807. The van der Waals surface area contributed by atoms with Gasteiger partial charge in [0.2, 0.25) is 0 Å². The number of carbonyl (C=O) groups is 3. The van der Waals surface area contributed by atoms with E-state index in [0.717, 1.165) is 77.0 Å². The lowest BCUT2D eigenvalue weighted by Gasteiger charge is -2.18. The van der Waals surface area contributed by atoms with E-state index in [1.165, 1.54) is 128 Å². The molecule has 0 aromatic heterocycles. The number of hydrogen-bond acceptors (Lipinski definition) is 6. The average molecular weight is 905 g/mol. The summed E-state index contributed by atoms with van der Waals surface area (Å²) < 4.78 is 16.7. The number of rotatable bonds is 48. The first kappa shape index (κ1) is 61.6. The zero-order valence-corrected chi connectivity index (χ0v) is 42.5. The first-order chi connectivity index (χ1) is 32.0. The van der Waals surface area contributed by atoms with Crippen LogP contribution in [0.2, 0.25) is 0 Å². The Morgan fingerprint density at radius 1 is 0.323 bits per heavy atom. The Bertz CT molecular complexity index is 1270. The van der Waals surface area contributed by atoms with Crippen molar-refractivity contribution in [1.82, 2.24) is 0 Å². The number of allylic oxidation sites excluding steroid dienone is 14. The number of esters is 3. The molecule has 372 valence electrons. The Morgan fingerprint density at radius 3 is 1.03 bits per heavy atom. The van der Waals surface area contributed by atoms with Gasteiger partial charge < -0.3 is 14.2 Å². The molecule has 1 unspecified atom stereocenters. The maximum atomic E-state index is 12.8. The third-order valence-corrected chi connectivity index (χ3v) is 11.4. The fourth-order valence-electron chi connectivity index (χ4n) is 7.35. The molecule has 0 fully saturated rings. The number of unbranched alkanes of at least 4 members (excludes halogenated alkanes) is 23. The second-order valence-electron chi connectivity index (χ2n) is 17.8. The zero-order chi connectivity index (χ0) is 47.2. The molecule has 0 amide bonds. The van der Waals surface area contributed by atoms with Gasteiger partial charge in [-0.05, 0) is 83.5 Å². The van der Waals surface area contributed by atoms with E-state index in [9.17, 15) is 14.4 Å². The van der Waals surface area contributed by atoms with E-state index in [0.29, 0.717) is 19.3 Å². The molecular weight excluding hydrogens is 805 g/mol. The van der Waals surface area contributed by atoms with Gasteiger partial charge in [-0.1, -0.05) is 234 Å². The largest absolute Gasteiger partial charge is 0.462 e. The van der Waals surface area contributed by atoms with Gasteiger partial charge in [0.05, 0.1) is 0 Å². The second kappa shape index (κ2) is 53.2. The number of carbonyl (C=O) groups excluding carboxylic acids is 3. The van der Waals surface area contributed by atoms with E-state index < -0.39 is 6.10 Å². The molecule has 0 saturated heterocycles. The summed E-state index contributed by atoms with van der Waals surface area (Å²) in [6.07, 6.45) is 68.7. The molecule has 0 N–H and O–H groups in total. The molecule has 0 aromatic carbocycles. The highest BCUT2D eigenvalue weighted by Crippen LogP contribution is 2.14. The molecule has 6 heteroatoms. The highest BCUT2D eigenvalue weighted by atomic mass is 16.6. The Morgan fingerprint density at radius 2 is 0.631 bits per heavy atom. The normalized spacial score (nSPS) is 12.7. The quantitative estimate of drug-likeness (QED) is 0.0262. The lowest BCUT2D eigenvalue weighted by Crippen LogP contribution is -2.30. The van der Waals surface area contributed by atoms with E-state index in [1.807, 2.05) is 6.08 Å². The molecular formula is C59H100O6. The van der Waals surface area contributed by atoms with Crippen molar-refractivity contribution in [2.45, 2.75) is 258 Å². The molecule has 65 heavy (non-hydrogen) atoms. The second-order valence-corrected chi connectivity index (χ2v) is 17.8. The molecule has 0 spiro atoms. The van der Waals surface area contributed by atoms with E-state index in [1.54, 1.807) is 0 Å². The van der Waals surface area contributed by atoms with Crippen LogP contribution in [0.25, 0.3) is 0 Å². The highest BCUT2D eigenvalue weighted by molar-refractivity contribution is 5.71. The summed E-state index contributed by atoms with van der Waals surface area (Å²) in [6, 6.07) is 0. The van der Waals surface area contributed by atoms with Crippen molar-refractivity contribution in [2.24, 2.45) is 0 Å². The van der Waals surface area contributed by atoms with E-state index in [2.05, 4.69) is 99.8 Å². The molecule has 0 radical (unpaired) electrons. The van der Waals surface area contributed by atoms with Gasteiger partial charge in [-0.15, -0.1) is 0 Å². The lowest BCUT2D eigenvalue weighted by molar-refractivity contribution is -0.166. The molecule has 0 heterocycles. The Hall–Kier alpha value is -3.41. The van der Waals surface area contributed by atoms with E-state index in [-0.39, 0.29) is 37.5 Å². The van der Waals surface area contributed by atoms with Gasteiger partial charge >= 0.3 is 17.9 Å². The van der Waals surface area contributed by atoms with Crippen molar-refractivity contribution in [2.75, 3.05) is 13.2 Å². The molecule has 0 saturated carbocycles. The Kier molecular flexibility index (Phi) is 50.4. The smallest absolute Gasteiger partial charge is 0.306 e. The predicted octanol–water partition coefficient (Wildman–Crippen LogP) is 18.0. The van der Waals surface area contributed by atoms with Crippen LogP contribution in [-0.4, -0.2) is 37.2 Å². The van der Waals surface area contributed by atoms with Gasteiger partial charge in [-0.2, -0.15) is 0 Å². The van der Waals surface area contributed by atoms with Crippen molar-refractivity contribution in [1.29, 1.82) is 0 Å². The first-order valence-corrected chi connectivity index (χ1v) is 27.1. The summed E-state index contributed by atoms with van der Waals surface area (Å²) in [4.78, 5) is 38.0. The fourth-order valence-corrected chi connectivity index (χ4v) is 7.35. The Labute approximate surface area is 401 Å². The summed E-state index contributed by atoms with van der Waals surface area (Å²) >= 11 is 0. The summed E-state index contributed by atoms with van der Waals surface area (Å²) in [7, 11) is 0.